The Morgan fingerprint density at radius 1 is 1.45 bits per heavy atom. The Morgan fingerprint density at radius 3 is 2.86 bits per heavy atom. The Labute approximate surface area is 126 Å². The number of ether oxygens (including phenoxy) is 1. The molecule has 0 fully saturated rings. The molecule has 0 unspecified atom stereocenters. The standard InChI is InChI=1S/C12H14N8O2/c1-4-9-8(7-22-10-5-6-13-14-10)11(18(2)15-9)20-12(21)19(3)16-17-20/h4-6H,1,7H2,2-3H3,(H,13,14)/i/hT. The topological polar surface area (TPSA) is 108 Å². The minimum absolute atomic E-state index is 0.0879. The predicted molar refractivity (Wildman–Crippen MR) is 76.4 cm³/mol. The van der Waals surface area contributed by atoms with Gasteiger partial charge < -0.3 is 4.74 Å². The van der Waals surface area contributed by atoms with E-state index in [0.29, 0.717) is 17.1 Å². The monoisotopic (exact) mass is 304 g/mol. The molecule has 22 heavy (non-hydrogen) atoms. The Kier molecular flexibility index (Phi) is 3.03. The molecule has 3 heterocycles. The summed E-state index contributed by atoms with van der Waals surface area (Å²) in [6.45, 7) is 3.80. The predicted octanol–water partition coefficient (Wildman–Crippen LogP) is -0.355. The molecule has 0 bridgehead atoms. The molecular formula is C12H14N8O2. The highest BCUT2D eigenvalue weighted by Crippen LogP contribution is 2.19. The summed E-state index contributed by atoms with van der Waals surface area (Å²) < 4.78 is 16.6. The van der Waals surface area contributed by atoms with Gasteiger partial charge in [0.25, 0.3) is 0 Å². The first kappa shape index (κ1) is 12.6. The van der Waals surface area contributed by atoms with Gasteiger partial charge in [0.05, 0.1) is 11.3 Å². The van der Waals surface area contributed by atoms with Crippen LogP contribution in [0.25, 0.3) is 11.9 Å². The molecule has 3 aromatic rings. The van der Waals surface area contributed by atoms with Crippen molar-refractivity contribution in [2.45, 2.75) is 6.61 Å². The number of aromatic amines is 1. The van der Waals surface area contributed by atoms with E-state index in [0.717, 1.165) is 14.5 Å². The second-order valence-electron chi connectivity index (χ2n) is 4.47. The lowest BCUT2D eigenvalue weighted by Gasteiger charge is -2.05. The number of hydrogen-bond acceptors (Lipinski definition) is 6. The van der Waals surface area contributed by atoms with Crippen LogP contribution in [0.2, 0.25) is 1.41 Å². The van der Waals surface area contributed by atoms with Crippen molar-refractivity contribution in [3.05, 3.63) is 40.6 Å². The minimum atomic E-state index is -0.403. The zero-order chi connectivity index (χ0) is 16.6. The zero-order valence-corrected chi connectivity index (χ0v) is 12.0. The normalized spacial score (nSPS) is 11.5. The van der Waals surface area contributed by atoms with Crippen LogP contribution in [0.4, 0.5) is 0 Å². The van der Waals surface area contributed by atoms with E-state index < -0.39 is 5.69 Å². The molecule has 0 spiro atoms. The van der Waals surface area contributed by atoms with Crippen LogP contribution in [0.1, 0.15) is 11.3 Å². The third-order valence-electron chi connectivity index (χ3n) is 3.06. The number of H-pyrrole nitrogens is 1. The second kappa shape index (κ2) is 5.31. The molecule has 114 valence electrons. The number of nitrogens with one attached hydrogen (secondary N) is 1. The lowest BCUT2D eigenvalue weighted by Crippen LogP contribution is -2.24. The first-order chi connectivity index (χ1) is 11.0. The summed E-state index contributed by atoms with van der Waals surface area (Å²) >= 11 is 0. The van der Waals surface area contributed by atoms with Gasteiger partial charge in [0.1, 0.15) is 6.61 Å². The number of rotatable bonds is 5. The molecule has 0 atom stereocenters. The van der Waals surface area contributed by atoms with Gasteiger partial charge >= 0.3 is 5.69 Å². The third-order valence-corrected chi connectivity index (χ3v) is 3.06. The lowest BCUT2D eigenvalue weighted by molar-refractivity contribution is 0.292. The largest absolute Gasteiger partial charge is 0.472 e. The van der Waals surface area contributed by atoms with E-state index in [1.165, 1.54) is 17.9 Å². The zero-order valence-electron chi connectivity index (χ0n) is 13.0. The first-order valence-electron chi connectivity index (χ1n) is 6.81. The maximum atomic E-state index is 12.1. The summed E-state index contributed by atoms with van der Waals surface area (Å²) in [5.41, 5.74) is 0.773. The van der Waals surface area contributed by atoms with Crippen molar-refractivity contribution < 1.29 is 6.15 Å². The molecule has 0 amide bonds. The first-order valence-corrected chi connectivity index (χ1v) is 6.36. The number of hydrogen-bond donors (Lipinski definition) is 1. The van der Waals surface area contributed by atoms with E-state index in [9.17, 15) is 4.79 Å². The van der Waals surface area contributed by atoms with E-state index in [1.807, 2.05) is 0 Å². The Bertz CT molecular complexity index is 918. The van der Waals surface area contributed by atoms with Gasteiger partial charge in [-0.15, -0.1) is 9.78 Å². The van der Waals surface area contributed by atoms with Gasteiger partial charge in [0.15, 0.2) is 7.23 Å². The van der Waals surface area contributed by atoms with Crippen LogP contribution in [-0.4, -0.2) is 39.8 Å². The Balaban J connectivity index is 2.02. The van der Waals surface area contributed by atoms with Gasteiger partial charge in [0, 0.05) is 26.4 Å². The van der Waals surface area contributed by atoms with Crippen molar-refractivity contribution in [3.8, 4) is 11.7 Å². The maximum Gasteiger partial charge on any atom is 0.369 e. The van der Waals surface area contributed by atoms with Crippen LogP contribution < -0.4 is 10.4 Å². The van der Waals surface area contributed by atoms with Crippen LogP contribution in [0, 0.1) is 0 Å². The molecule has 0 saturated carbocycles. The lowest BCUT2D eigenvalue weighted by atomic mass is 10.2. The van der Waals surface area contributed by atoms with E-state index >= 15 is 0 Å². The molecule has 0 radical (unpaired) electrons. The molecule has 1 N–H and O–H groups in total. The Hall–Kier alpha value is -3.17. The summed E-state index contributed by atoms with van der Waals surface area (Å²) in [7, 11) is 3.19. The highest BCUT2D eigenvalue weighted by molar-refractivity contribution is 5.53. The van der Waals surface area contributed by atoms with Crippen LogP contribution in [-0.2, 0) is 20.7 Å². The molecular weight excluding hydrogens is 288 g/mol. The molecule has 3 rings (SSSR count). The van der Waals surface area contributed by atoms with Crippen molar-refractivity contribution in [2.24, 2.45) is 14.1 Å². The minimum Gasteiger partial charge on any atom is -0.472 e. The highest BCUT2D eigenvalue weighted by Gasteiger charge is 2.20. The summed E-state index contributed by atoms with van der Waals surface area (Å²) in [6, 6.07) is 1.56. The third kappa shape index (κ3) is 2.20. The van der Waals surface area contributed by atoms with E-state index in [4.69, 9.17) is 6.15 Å². The van der Waals surface area contributed by atoms with Crippen molar-refractivity contribution in [1.82, 2.24) is 39.8 Å². The van der Waals surface area contributed by atoms with Gasteiger partial charge in [-0.1, -0.05) is 6.58 Å². The summed E-state index contributed by atoms with van der Waals surface area (Å²) in [6.07, 6.45) is 3.01. The molecule has 0 aliphatic heterocycles. The maximum absolute atomic E-state index is 12.1. The molecule has 3 aromatic heterocycles. The summed E-state index contributed by atoms with van der Waals surface area (Å²) in [4.78, 5) is 12.1. The molecule has 0 aromatic carbocycles. The number of aryl methyl sites for hydroxylation is 2. The van der Waals surface area contributed by atoms with Gasteiger partial charge in [-0.25, -0.2) is 9.48 Å². The Morgan fingerprint density at radius 2 is 2.27 bits per heavy atom. The van der Waals surface area contributed by atoms with E-state index in [2.05, 4.69) is 27.2 Å². The van der Waals surface area contributed by atoms with E-state index in [-0.39, 0.29) is 12.5 Å². The fourth-order valence-corrected chi connectivity index (χ4v) is 2.04. The smallest absolute Gasteiger partial charge is 0.369 e. The van der Waals surface area contributed by atoms with Gasteiger partial charge in [0.2, 0.25) is 5.88 Å². The molecule has 0 aliphatic rings. The molecule has 0 aliphatic carbocycles. The number of aromatic nitrogens is 8. The number of nitrogens with zero attached hydrogens (tertiary/aromatic N) is 7. The summed E-state index contributed by atoms with van der Waals surface area (Å²) in [5, 5.41) is 16.5. The van der Waals surface area contributed by atoms with Crippen molar-refractivity contribution >= 4 is 6.08 Å². The second-order valence-corrected chi connectivity index (χ2v) is 4.47. The molecule has 10 nitrogen and oxygen atoms in total. The van der Waals surface area contributed by atoms with Gasteiger partial charge in [-0.2, -0.15) is 9.78 Å². The molecule has 10 heteroatoms. The fourth-order valence-electron chi connectivity index (χ4n) is 2.04. The quantitative estimate of drug-likeness (QED) is 0.690. The summed E-state index contributed by atoms with van der Waals surface area (Å²) in [5.74, 6) is 0.722. The molecule has 0 saturated heterocycles. The number of tetrazole rings is 1. The van der Waals surface area contributed by atoms with Gasteiger partial charge in [-0.05, 0) is 16.5 Å². The fraction of sp³-hybridized carbons (Fsp3) is 0.250. The van der Waals surface area contributed by atoms with Crippen LogP contribution in [0.15, 0.2) is 23.6 Å². The average molecular weight is 304 g/mol. The SMILES string of the molecule is [3H]n1ccc(OCc2c(C=C)nn(C)c2-n2nnn(C)c2=O)n1. The van der Waals surface area contributed by atoms with Crippen LogP contribution in [0.3, 0.4) is 0 Å². The van der Waals surface area contributed by atoms with Crippen molar-refractivity contribution in [3.63, 3.8) is 0 Å². The van der Waals surface area contributed by atoms with E-state index in [1.54, 1.807) is 19.2 Å². The van der Waals surface area contributed by atoms with Crippen LogP contribution in [0.5, 0.6) is 5.88 Å². The van der Waals surface area contributed by atoms with Crippen molar-refractivity contribution in [2.75, 3.05) is 0 Å². The average Bonchev–Trinajstić information content (AvgIpc) is 3.17. The van der Waals surface area contributed by atoms with Crippen LogP contribution >= 0.6 is 0 Å². The van der Waals surface area contributed by atoms with Gasteiger partial charge in [-0.3, -0.25) is 5.09 Å². The highest BCUT2D eigenvalue weighted by atomic mass is 16.5. The van der Waals surface area contributed by atoms with Crippen molar-refractivity contribution in [1.29, 1.82) is 0 Å².